The first kappa shape index (κ1) is 18.1. The van der Waals surface area contributed by atoms with E-state index in [1.165, 1.54) is 0 Å². The number of rotatable bonds is 7. The number of hydrogen-bond acceptors (Lipinski definition) is 4. The van der Waals surface area contributed by atoms with E-state index in [-0.39, 0.29) is 5.75 Å². The molecule has 0 aromatic heterocycles. The second kappa shape index (κ2) is 8.02. The number of benzene rings is 1. The molecule has 0 radical (unpaired) electrons. The van der Waals surface area contributed by atoms with Crippen LogP contribution in [0.2, 0.25) is 0 Å². The van der Waals surface area contributed by atoms with E-state index in [1.807, 2.05) is 25.1 Å². The molecule has 0 saturated carbocycles. The Morgan fingerprint density at radius 3 is 2.48 bits per heavy atom. The smallest absolute Gasteiger partial charge is 0.232 e. The van der Waals surface area contributed by atoms with Gasteiger partial charge in [-0.05, 0) is 51.3 Å². The van der Waals surface area contributed by atoms with Crippen LogP contribution in [0.3, 0.4) is 0 Å². The lowest BCUT2D eigenvalue weighted by atomic mass is 10.0. The third-order valence-electron chi connectivity index (χ3n) is 4.24. The van der Waals surface area contributed by atoms with Crippen molar-refractivity contribution in [2.75, 3.05) is 28.9 Å². The van der Waals surface area contributed by atoms with Crippen LogP contribution in [-0.4, -0.2) is 44.2 Å². The predicted molar refractivity (Wildman–Crippen MR) is 97.5 cm³/mol. The molecule has 1 saturated heterocycles. The highest BCUT2D eigenvalue weighted by Crippen LogP contribution is 2.21. The molecule has 1 aromatic carbocycles. The van der Waals surface area contributed by atoms with Gasteiger partial charge in [-0.25, -0.2) is 8.42 Å². The van der Waals surface area contributed by atoms with Crippen molar-refractivity contribution in [3.63, 3.8) is 0 Å². The molecular formula is C17H29N3O2S. The zero-order chi connectivity index (χ0) is 16.9. The summed E-state index contributed by atoms with van der Waals surface area (Å²) in [5.74, 6) is 0.151. The van der Waals surface area contributed by atoms with Crippen molar-refractivity contribution < 1.29 is 8.42 Å². The van der Waals surface area contributed by atoms with Crippen LogP contribution in [0.4, 0.5) is 11.4 Å². The van der Waals surface area contributed by atoms with Crippen molar-refractivity contribution in [3.8, 4) is 0 Å². The lowest BCUT2D eigenvalue weighted by Gasteiger charge is -2.35. The quantitative estimate of drug-likeness (QED) is 0.801. The molecule has 0 bridgehead atoms. The first-order valence-corrected chi connectivity index (χ1v) is 10.2. The summed E-state index contributed by atoms with van der Waals surface area (Å²) in [6.07, 6.45) is 2.84. The number of anilines is 2. The second-order valence-electron chi connectivity index (χ2n) is 6.55. The monoisotopic (exact) mass is 339 g/mol. The van der Waals surface area contributed by atoms with E-state index in [9.17, 15) is 8.42 Å². The Balaban J connectivity index is 1.93. The highest BCUT2D eigenvalue weighted by molar-refractivity contribution is 7.92. The molecule has 2 N–H and O–H groups in total. The minimum atomic E-state index is -3.24. The van der Waals surface area contributed by atoms with Gasteiger partial charge in [-0.2, -0.15) is 0 Å². The van der Waals surface area contributed by atoms with E-state index in [4.69, 9.17) is 0 Å². The molecule has 5 nitrogen and oxygen atoms in total. The number of nitrogens with one attached hydrogen (secondary N) is 2. The fourth-order valence-electron chi connectivity index (χ4n) is 2.97. The standard InChI is InChI=1S/C17H29N3O2S/c1-4-12-23(21,22)19-17-7-5-6-16(13-17)18-15-8-10-20(11-9-15)14(2)3/h5-7,13-15,18-19H,4,8-12H2,1-3H3. The van der Waals surface area contributed by atoms with E-state index < -0.39 is 10.0 Å². The molecule has 0 aliphatic carbocycles. The van der Waals surface area contributed by atoms with E-state index in [2.05, 4.69) is 28.8 Å². The first-order chi connectivity index (χ1) is 10.9. The third-order valence-corrected chi connectivity index (χ3v) is 5.73. The van der Waals surface area contributed by atoms with Crippen molar-refractivity contribution in [1.82, 2.24) is 4.90 Å². The molecule has 1 aliphatic rings. The maximum Gasteiger partial charge on any atom is 0.232 e. The molecule has 0 amide bonds. The third kappa shape index (κ3) is 5.70. The van der Waals surface area contributed by atoms with Gasteiger partial charge in [0.2, 0.25) is 10.0 Å². The van der Waals surface area contributed by atoms with Crippen molar-refractivity contribution in [1.29, 1.82) is 0 Å². The second-order valence-corrected chi connectivity index (χ2v) is 8.39. The van der Waals surface area contributed by atoms with Crippen LogP contribution in [0.25, 0.3) is 0 Å². The zero-order valence-electron chi connectivity index (χ0n) is 14.4. The van der Waals surface area contributed by atoms with Gasteiger partial charge >= 0.3 is 0 Å². The molecule has 2 rings (SSSR count). The molecule has 6 heteroatoms. The van der Waals surface area contributed by atoms with Crippen LogP contribution >= 0.6 is 0 Å². The first-order valence-electron chi connectivity index (χ1n) is 8.51. The fraction of sp³-hybridized carbons (Fsp3) is 0.647. The number of likely N-dealkylation sites (tertiary alicyclic amines) is 1. The van der Waals surface area contributed by atoms with Crippen molar-refractivity contribution >= 4 is 21.4 Å². The van der Waals surface area contributed by atoms with E-state index >= 15 is 0 Å². The van der Waals surface area contributed by atoms with Crippen LogP contribution in [-0.2, 0) is 10.0 Å². The van der Waals surface area contributed by atoms with Gasteiger partial charge in [0, 0.05) is 30.9 Å². The molecule has 1 fully saturated rings. The summed E-state index contributed by atoms with van der Waals surface area (Å²) in [6.45, 7) is 8.55. The van der Waals surface area contributed by atoms with Gasteiger partial charge in [0.25, 0.3) is 0 Å². The van der Waals surface area contributed by atoms with Gasteiger partial charge in [-0.1, -0.05) is 13.0 Å². The molecule has 0 unspecified atom stereocenters. The number of nitrogens with zero attached hydrogens (tertiary/aromatic N) is 1. The largest absolute Gasteiger partial charge is 0.382 e. The van der Waals surface area contributed by atoms with Gasteiger partial charge < -0.3 is 10.2 Å². The molecular weight excluding hydrogens is 310 g/mol. The molecule has 1 heterocycles. The highest BCUT2D eigenvalue weighted by Gasteiger charge is 2.20. The predicted octanol–water partition coefficient (Wildman–Crippen LogP) is 3.12. The zero-order valence-corrected chi connectivity index (χ0v) is 15.2. The Kier molecular flexibility index (Phi) is 6.30. The summed E-state index contributed by atoms with van der Waals surface area (Å²) >= 11 is 0. The van der Waals surface area contributed by atoms with Gasteiger partial charge in [-0.3, -0.25) is 4.72 Å². The van der Waals surface area contributed by atoms with Crippen molar-refractivity contribution in [3.05, 3.63) is 24.3 Å². The number of hydrogen-bond donors (Lipinski definition) is 2. The van der Waals surface area contributed by atoms with Crippen molar-refractivity contribution in [2.45, 2.75) is 52.1 Å². The summed E-state index contributed by atoms with van der Waals surface area (Å²) in [7, 11) is -3.24. The number of sulfonamides is 1. The minimum Gasteiger partial charge on any atom is -0.382 e. The molecule has 23 heavy (non-hydrogen) atoms. The average molecular weight is 340 g/mol. The molecule has 0 spiro atoms. The van der Waals surface area contributed by atoms with Gasteiger partial charge in [0.05, 0.1) is 11.4 Å². The van der Waals surface area contributed by atoms with Crippen LogP contribution in [0.5, 0.6) is 0 Å². The van der Waals surface area contributed by atoms with Crippen molar-refractivity contribution in [2.24, 2.45) is 0 Å². The van der Waals surface area contributed by atoms with Crippen LogP contribution < -0.4 is 10.0 Å². The molecule has 1 aliphatic heterocycles. The lowest BCUT2D eigenvalue weighted by molar-refractivity contribution is 0.177. The van der Waals surface area contributed by atoms with Crippen LogP contribution in [0.15, 0.2) is 24.3 Å². The maximum atomic E-state index is 11.9. The Bertz CT molecular complexity index is 594. The van der Waals surface area contributed by atoms with Gasteiger partial charge in [0.15, 0.2) is 0 Å². The van der Waals surface area contributed by atoms with Gasteiger partial charge in [0.1, 0.15) is 0 Å². The normalized spacial score (nSPS) is 17.4. The lowest BCUT2D eigenvalue weighted by Crippen LogP contribution is -2.42. The molecule has 0 atom stereocenters. The van der Waals surface area contributed by atoms with E-state index in [0.29, 0.717) is 24.2 Å². The Hall–Kier alpha value is -1.27. The van der Waals surface area contributed by atoms with Gasteiger partial charge in [-0.15, -0.1) is 0 Å². The fourth-order valence-corrected chi connectivity index (χ4v) is 4.09. The summed E-state index contributed by atoms with van der Waals surface area (Å²) in [6, 6.07) is 8.60. The summed E-state index contributed by atoms with van der Waals surface area (Å²) in [5.41, 5.74) is 1.60. The summed E-state index contributed by atoms with van der Waals surface area (Å²) < 4.78 is 26.4. The summed E-state index contributed by atoms with van der Waals surface area (Å²) in [5, 5.41) is 3.54. The Morgan fingerprint density at radius 1 is 1.22 bits per heavy atom. The topological polar surface area (TPSA) is 61.4 Å². The van der Waals surface area contributed by atoms with E-state index in [0.717, 1.165) is 31.6 Å². The molecule has 130 valence electrons. The summed E-state index contributed by atoms with van der Waals surface area (Å²) in [4.78, 5) is 2.49. The average Bonchev–Trinajstić information content (AvgIpc) is 2.47. The number of piperidine rings is 1. The Morgan fingerprint density at radius 2 is 1.87 bits per heavy atom. The van der Waals surface area contributed by atoms with Crippen LogP contribution in [0.1, 0.15) is 40.0 Å². The van der Waals surface area contributed by atoms with Crippen LogP contribution in [0, 0.1) is 0 Å². The SMILES string of the molecule is CCCS(=O)(=O)Nc1cccc(NC2CCN(C(C)C)CC2)c1. The Labute approximate surface area is 140 Å². The molecule has 1 aromatic rings. The maximum absolute atomic E-state index is 11.9. The van der Waals surface area contributed by atoms with E-state index in [1.54, 1.807) is 6.07 Å². The highest BCUT2D eigenvalue weighted by atomic mass is 32.2. The minimum absolute atomic E-state index is 0.151.